The summed E-state index contributed by atoms with van der Waals surface area (Å²) >= 11 is 2.97. The molecular formula is C17H15N5O2S2. The molecule has 1 N–H and O–H groups in total. The molecule has 0 atom stereocenters. The van der Waals surface area contributed by atoms with Gasteiger partial charge in [-0.15, -0.1) is 10.2 Å². The zero-order valence-corrected chi connectivity index (χ0v) is 15.5. The highest BCUT2D eigenvalue weighted by atomic mass is 32.2. The monoisotopic (exact) mass is 385 g/mol. The minimum absolute atomic E-state index is 0.0734. The fourth-order valence-corrected chi connectivity index (χ4v) is 4.19. The van der Waals surface area contributed by atoms with Crippen molar-refractivity contribution in [2.45, 2.75) is 16.6 Å². The molecule has 0 fully saturated rings. The predicted octanol–water partition coefficient (Wildman–Crippen LogP) is 3.22. The van der Waals surface area contributed by atoms with Crippen LogP contribution in [0.2, 0.25) is 0 Å². The van der Waals surface area contributed by atoms with Gasteiger partial charge in [-0.1, -0.05) is 35.2 Å². The molecule has 1 aromatic carbocycles. The van der Waals surface area contributed by atoms with Gasteiger partial charge in [0.15, 0.2) is 4.34 Å². The van der Waals surface area contributed by atoms with Gasteiger partial charge in [0, 0.05) is 7.05 Å². The number of aromatic nitrogens is 4. The van der Waals surface area contributed by atoms with Crippen LogP contribution < -0.4 is 10.9 Å². The smallest absolute Gasteiger partial charge is 0.261 e. The molecule has 26 heavy (non-hydrogen) atoms. The molecule has 0 saturated heterocycles. The second-order valence-corrected chi connectivity index (χ2v) is 7.63. The molecule has 0 spiro atoms. The maximum absolute atomic E-state index is 13.0. The van der Waals surface area contributed by atoms with Crippen LogP contribution in [0.25, 0.3) is 10.9 Å². The van der Waals surface area contributed by atoms with E-state index < -0.39 is 0 Å². The molecule has 3 aromatic heterocycles. The zero-order valence-electron chi connectivity index (χ0n) is 13.9. The lowest BCUT2D eigenvalue weighted by atomic mass is 10.2. The number of anilines is 1. The quantitative estimate of drug-likeness (QED) is 0.510. The summed E-state index contributed by atoms with van der Waals surface area (Å²) in [4.78, 5) is 17.7. The topological polar surface area (TPSA) is 85.8 Å². The zero-order chi connectivity index (χ0) is 17.9. The predicted molar refractivity (Wildman–Crippen MR) is 103 cm³/mol. The van der Waals surface area contributed by atoms with Crippen LogP contribution in [0, 0.1) is 0 Å². The van der Waals surface area contributed by atoms with Gasteiger partial charge in [0.1, 0.15) is 11.6 Å². The number of para-hydroxylation sites is 1. The molecule has 0 aliphatic rings. The lowest BCUT2D eigenvalue weighted by Crippen LogP contribution is -2.25. The third-order valence-corrected chi connectivity index (χ3v) is 5.85. The Kier molecular flexibility index (Phi) is 4.72. The number of hydrogen-bond acceptors (Lipinski definition) is 8. The van der Waals surface area contributed by atoms with Crippen LogP contribution in [-0.4, -0.2) is 26.8 Å². The fourth-order valence-electron chi connectivity index (χ4n) is 2.54. The normalized spacial score (nSPS) is 11.1. The molecule has 0 unspecified atom stereocenters. The summed E-state index contributed by atoms with van der Waals surface area (Å²) in [6, 6.07) is 11.0. The number of rotatable bonds is 6. The van der Waals surface area contributed by atoms with E-state index in [4.69, 9.17) is 9.40 Å². The van der Waals surface area contributed by atoms with Crippen molar-refractivity contribution in [3.63, 3.8) is 0 Å². The molecule has 7 nitrogen and oxygen atoms in total. The number of benzene rings is 1. The average molecular weight is 385 g/mol. The van der Waals surface area contributed by atoms with Gasteiger partial charge in [0.05, 0.1) is 29.5 Å². The molecule has 132 valence electrons. The molecule has 0 aliphatic carbocycles. The Morgan fingerprint density at radius 2 is 2.12 bits per heavy atom. The molecule has 9 heteroatoms. The van der Waals surface area contributed by atoms with E-state index in [0.29, 0.717) is 34.8 Å². The molecule has 4 rings (SSSR count). The van der Waals surface area contributed by atoms with Crippen molar-refractivity contribution in [1.29, 1.82) is 0 Å². The standard InChI is InChI=1S/C17H15N5O2S2/c1-18-16-20-21-17(26-16)25-10-14-19-13-7-3-2-6-12(13)15(23)22(14)9-11-5-4-8-24-11/h2-8H,9-10H2,1H3,(H,18,20). The second kappa shape index (κ2) is 7.30. The first kappa shape index (κ1) is 16.8. The first-order valence-corrected chi connectivity index (χ1v) is 9.69. The maximum atomic E-state index is 13.0. The van der Waals surface area contributed by atoms with Crippen molar-refractivity contribution >= 4 is 39.1 Å². The van der Waals surface area contributed by atoms with Crippen molar-refractivity contribution < 1.29 is 4.42 Å². The van der Waals surface area contributed by atoms with Gasteiger partial charge >= 0.3 is 0 Å². The van der Waals surface area contributed by atoms with Crippen LogP contribution >= 0.6 is 23.1 Å². The summed E-state index contributed by atoms with van der Waals surface area (Å²) in [6.07, 6.45) is 1.60. The fraction of sp³-hybridized carbons (Fsp3) is 0.176. The van der Waals surface area contributed by atoms with Crippen LogP contribution in [0.1, 0.15) is 11.6 Å². The van der Waals surface area contributed by atoms with Gasteiger partial charge in [0.25, 0.3) is 5.56 Å². The van der Waals surface area contributed by atoms with E-state index in [-0.39, 0.29) is 5.56 Å². The van der Waals surface area contributed by atoms with Crippen LogP contribution in [0.4, 0.5) is 5.13 Å². The highest BCUT2D eigenvalue weighted by molar-refractivity contribution is 8.00. The van der Waals surface area contributed by atoms with Gasteiger partial charge in [0.2, 0.25) is 5.13 Å². The highest BCUT2D eigenvalue weighted by Crippen LogP contribution is 2.27. The van der Waals surface area contributed by atoms with E-state index >= 15 is 0 Å². The summed E-state index contributed by atoms with van der Waals surface area (Å²) in [5.74, 6) is 1.90. The minimum atomic E-state index is -0.0734. The molecule has 3 heterocycles. The lowest BCUT2D eigenvalue weighted by Gasteiger charge is -2.11. The molecule has 0 amide bonds. The van der Waals surface area contributed by atoms with Crippen LogP contribution in [0.15, 0.2) is 56.2 Å². The molecule has 0 aliphatic heterocycles. The molecule has 0 bridgehead atoms. The Labute approximate surface area is 157 Å². The third-order valence-electron chi connectivity index (χ3n) is 3.78. The van der Waals surface area contributed by atoms with Crippen molar-refractivity contribution in [1.82, 2.24) is 19.7 Å². The number of nitrogens with one attached hydrogen (secondary N) is 1. The van der Waals surface area contributed by atoms with E-state index in [0.717, 1.165) is 9.47 Å². The Morgan fingerprint density at radius 3 is 2.88 bits per heavy atom. The number of hydrogen-bond donors (Lipinski definition) is 1. The number of nitrogens with zero attached hydrogens (tertiary/aromatic N) is 4. The van der Waals surface area contributed by atoms with E-state index in [1.54, 1.807) is 23.9 Å². The second-order valence-electron chi connectivity index (χ2n) is 5.43. The number of fused-ring (bicyclic) bond motifs is 1. The minimum Gasteiger partial charge on any atom is -0.467 e. The molecular weight excluding hydrogens is 370 g/mol. The Balaban J connectivity index is 1.71. The summed E-state index contributed by atoms with van der Waals surface area (Å²) in [5, 5.41) is 12.5. The van der Waals surface area contributed by atoms with Gasteiger partial charge in [-0.05, 0) is 24.3 Å². The van der Waals surface area contributed by atoms with E-state index in [1.807, 2.05) is 30.3 Å². The summed E-state index contributed by atoms with van der Waals surface area (Å²) in [7, 11) is 1.81. The molecule has 0 saturated carbocycles. The van der Waals surface area contributed by atoms with Crippen molar-refractivity contribution in [2.75, 3.05) is 12.4 Å². The Bertz CT molecular complexity index is 1090. The van der Waals surface area contributed by atoms with Gasteiger partial charge in [-0.2, -0.15) is 0 Å². The van der Waals surface area contributed by atoms with Gasteiger partial charge in [-0.25, -0.2) is 4.98 Å². The first-order valence-electron chi connectivity index (χ1n) is 7.89. The Morgan fingerprint density at radius 1 is 1.23 bits per heavy atom. The van der Waals surface area contributed by atoms with Gasteiger partial charge < -0.3 is 9.73 Å². The van der Waals surface area contributed by atoms with Crippen LogP contribution in [-0.2, 0) is 12.3 Å². The maximum Gasteiger partial charge on any atom is 0.261 e. The van der Waals surface area contributed by atoms with Crippen molar-refractivity contribution in [2.24, 2.45) is 0 Å². The van der Waals surface area contributed by atoms with Crippen molar-refractivity contribution in [3.05, 3.63) is 64.6 Å². The molecule has 4 aromatic rings. The number of thioether (sulfide) groups is 1. The van der Waals surface area contributed by atoms with E-state index in [9.17, 15) is 4.79 Å². The third kappa shape index (κ3) is 3.35. The van der Waals surface area contributed by atoms with Crippen LogP contribution in [0.3, 0.4) is 0 Å². The summed E-state index contributed by atoms with van der Waals surface area (Å²) in [5.41, 5.74) is 0.618. The van der Waals surface area contributed by atoms with E-state index in [1.165, 1.54) is 23.1 Å². The summed E-state index contributed by atoms with van der Waals surface area (Å²) < 4.78 is 7.90. The van der Waals surface area contributed by atoms with Gasteiger partial charge in [-0.3, -0.25) is 9.36 Å². The SMILES string of the molecule is CNc1nnc(SCc2nc3ccccc3c(=O)n2Cc2ccco2)s1. The largest absolute Gasteiger partial charge is 0.467 e. The average Bonchev–Trinajstić information content (AvgIpc) is 3.34. The summed E-state index contributed by atoms with van der Waals surface area (Å²) in [6.45, 7) is 0.345. The highest BCUT2D eigenvalue weighted by Gasteiger charge is 2.14. The van der Waals surface area contributed by atoms with Crippen molar-refractivity contribution in [3.8, 4) is 0 Å². The van der Waals surface area contributed by atoms with E-state index in [2.05, 4.69) is 15.5 Å². The first-order chi connectivity index (χ1) is 12.7. The van der Waals surface area contributed by atoms with Crippen LogP contribution in [0.5, 0.6) is 0 Å². The lowest BCUT2D eigenvalue weighted by molar-refractivity contribution is 0.485. The molecule has 0 radical (unpaired) electrons. The Hall–Kier alpha value is -2.65. The number of furan rings is 1.